The summed E-state index contributed by atoms with van der Waals surface area (Å²) < 4.78 is 2.45. The number of hydrogen-bond acceptors (Lipinski definition) is 6. The largest absolute Gasteiger partial charge is 0.354 e. The van der Waals surface area contributed by atoms with Gasteiger partial charge in [-0.1, -0.05) is 6.07 Å². The van der Waals surface area contributed by atoms with Gasteiger partial charge in [-0.3, -0.25) is 4.79 Å². The molecular formula is C19H20BrN7O. The van der Waals surface area contributed by atoms with Gasteiger partial charge >= 0.3 is 0 Å². The van der Waals surface area contributed by atoms with Crippen molar-refractivity contribution in [1.82, 2.24) is 25.0 Å². The van der Waals surface area contributed by atoms with Gasteiger partial charge < -0.3 is 10.2 Å². The number of nitrogens with zero attached hydrogens (tertiary/aromatic N) is 6. The molecule has 0 radical (unpaired) electrons. The Balaban J connectivity index is 1.43. The number of carbonyl (C=O) groups is 1. The van der Waals surface area contributed by atoms with Crippen LogP contribution in [0.15, 0.2) is 47.5 Å². The standard InChI is InChI=1S/C19H20BrN7O/c1-13-4-5-16(15(20)9-13)23-19(28)14-3-2-8-26(10-14)17-6-7-18(25-24-17)27-12-21-11-22-27/h4-7,9,11-12,14H,2-3,8,10H2,1H3,(H,23,28)/t14-/m1/s1. The van der Waals surface area contributed by atoms with Gasteiger partial charge in [0.15, 0.2) is 11.6 Å². The first-order valence-corrected chi connectivity index (χ1v) is 9.90. The summed E-state index contributed by atoms with van der Waals surface area (Å²) in [6, 6.07) is 9.66. The van der Waals surface area contributed by atoms with Crippen LogP contribution in [-0.4, -0.2) is 44.0 Å². The van der Waals surface area contributed by atoms with Crippen molar-refractivity contribution in [3.05, 3.63) is 53.0 Å². The van der Waals surface area contributed by atoms with E-state index in [0.29, 0.717) is 12.4 Å². The lowest BCUT2D eigenvalue weighted by molar-refractivity contribution is -0.120. The molecule has 2 aromatic heterocycles. The van der Waals surface area contributed by atoms with Crippen LogP contribution in [0.2, 0.25) is 0 Å². The predicted molar refractivity (Wildman–Crippen MR) is 109 cm³/mol. The van der Waals surface area contributed by atoms with Gasteiger partial charge in [-0.25, -0.2) is 9.67 Å². The van der Waals surface area contributed by atoms with Gasteiger partial charge in [0.05, 0.1) is 11.6 Å². The summed E-state index contributed by atoms with van der Waals surface area (Å²) in [5, 5.41) is 15.6. The average molecular weight is 442 g/mol. The van der Waals surface area contributed by atoms with Crippen molar-refractivity contribution in [2.75, 3.05) is 23.3 Å². The molecule has 9 heteroatoms. The molecule has 0 saturated carbocycles. The van der Waals surface area contributed by atoms with Crippen LogP contribution in [0, 0.1) is 12.8 Å². The second-order valence-electron chi connectivity index (χ2n) is 6.85. The van der Waals surface area contributed by atoms with Crippen LogP contribution in [0.3, 0.4) is 0 Å². The minimum absolute atomic E-state index is 0.0291. The molecule has 4 rings (SSSR count). The highest BCUT2D eigenvalue weighted by Crippen LogP contribution is 2.26. The van der Waals surface area contributed by atoms with E-state index in [1.807, 2.05) is 37.3 Å². The topological polar surface area (TPSA) is 88.8 Å². The Hall–Kier alpha value is -2.81. The number of anilines is 2. The molecule has 1 aromatic carbocycles. The molecular weight excluding hydrogens is 422 g/mol. The van der Waals surface area contributed by atoms with Crippen LogP contribution >= 0.6 is 15.9 Å². The molecule has 28 heavy (non-hydrogen) atoms. The molecule has 0 spiro atoms. The first kappa shape index (κ1) is 18.5. The number of hydrogen-bond donors (Lipinski definition) is 1. The molecule has 1 aliphatic heterocycles. The van der Waals surface area contributed by atoms with E-state index in [1.165, 1.54) is 6.33 Å². The number of aryl methyl sites for hydroxylation is 1. The summed E-state index contributed by atoms with van der Waals surface area (Å²) >= 11 is 3.52. The fourth-order valence-electron chi connectivity index (χ4n) is 3.29. The Morgan fingerprint density at radius 3 is 2.75 bits per heavy atom. The highest BCUT2D eigenvalue weighted by molar-refractivity contribution is 9.10. The number of aromatic nitrogens is 5. The van der Waals surface area contributed by atoms with Crippen LogP contribution in [0.4, 0.5) is 11.5 Å². The molecule has 0 unspecified atom stereocenters. The van der Waals surface area contributed by atoms with Gasteiger partial charge in [0.2, 0.25) is 5.91 Å². The van der Waals surface area contributed by atoms with E-state index in [2.05, 4.69) is 46.4 Å². The van der Waals surface area contributed by atoms with Gasteiger partial charge in [-0.2, -0.15) is 5.10 Å². The first-order chi connectivity index (χ1) is 13.6. The molecule has 1 aliphatic rings. The number of halogens is 1. The van der Waals surface area contributed by atoms with E-state index in [4.69, 9.17) is 0 Å². The number of rotatable bonds is 4. The highest BCUT2D eigenvalue weighted by atomic mass is 79.9. The quantitative estimate of drug-likeness (QED) is 0.669. The number of piperidine rings is 1. The summed E-state index contributed by atoms with van der Waals surface area (Å²) in [7, 11) is 0. The van der Waals surface area contributed by atoms with Crippen LogP contribution in [0.1, 0.15) is 18.4 Å². The van der Waals surface area contributed by atoms with Crippen LogP contribution in [-0.2, 0) is 4.79 Å². The van der Waals surface area contributed by atoms with Gasteiger partial charge in [0, 0.05) is 17.6 Å². The van der Waals surface area contributed by atoms with Crippen LogP contribution < -0.4 is 10.2 Å². The van der Waals surface area contributed by atoms with Crippen LogP contribution in [0.5, 0.6) is 0 Å². The summed E-state index contributed by atoms with van der Waals surface area (Å²) in [4.78, 5) is 18.8. The number of amides is 1. The highest BCUT2D eigenvalue weighted by Gasteiger charge is 2.27. The van der Waals surface area contributed by atoms with Crippen molar-refractivity contribution >= 4 is 33.3 Å². The van der Waals surface area contributed by atoms with Gasteiger partial charge in [-0.05, 0) is 65.5 Å². The minimum atomic E-state index is -0.0984. The zero-order chi connectivity index (χ0) is 19.5. The molecule has 3 aromatic rings. The third-order valence-electron chi connectivity index (χ3n) is 4.79. The number of benzene rings is 1. The molecule has 0 aliphatic carbocycles. The fraction of sp³-hybridized carbons (Fsp3) is 0.316. The van der Waals surface area contributed by atoms with Crippen molar-refractivity contribution in [3.63, 3.8) is 0 Å². The maximum atomic E-state index is 12.8. The van der Waals surface area contributed by atoms with Crippen molar-refractivity contribution in [2.45, 2.75) is 19.8 Å². The lowest BCUT2D eigenvalue weighted by Crippen LogP contribution is -2.41. The monoisotopic (exact) mass is 441 g/mol. The summed E-state index contributed by atoms with van der Waals surface area (Å²) in [6.07, 6.45) is 4.82. The zero-order valence-corrected chi connectivity index (χ0v) is 17.0. The number of nitrogens with one attached hydrogen (secondary N) is 1. The molecule has 1 saturated heterocycles. The molecule has 1 amide bonds. The second kappa shape index (κ2) is 8.05. The summed E-state index contributed by atoms with van der Waals surface area (Å²) in [6.45, 7) is 3.49. The molecule has 1 atom stereocenters. The lowest BCUT2D eigenvalue weighted by Gasteiger charge is -2.32. The van der Waals surface area contributed by atoms with Gasteiger partial charge in [0.25, 0.3) is 0 Å². The van der Waals surface area contributed by atoms with E-state index < -0.39 is 0 Å². The van der Waals surface area contributed by atoms with Crippen molar-refractivity contribution in [2.24, 2.45) is 5.92 Å². The molecule has 3 heterocycles. The molecule has 1 fully saturated rings. The van der Waals surface area contributed by atoms with Crippen molar-refractivity contribution < 1.29 is 4.79 Å². The Bertz CT molecular complexity index is 959. The fourth-order valence-corrected chi connectivity index (χ4v) is 3.88. The molecule has 8 nitrogen and oxygen atoms in total. The third kappa shape index (κ3) is 4.04. The lowest BCUT2D eigenvalue weighted by atomic mass is 9.97. The smallest absolute Gasteiger partial charge is 0.229 e. The van der Waals surface area contributed by atoms with Crippen molar-refractivity contribution in [1.29, 1.82) is 0 Å². The van der Waals surface area contributed by atoms with Crippen LogP contribution in [0.25, 0.3) is 5.82 Å². The Morgan fingerprint density at radius 2 is 2.04 bits per heavy atom. The third-order valence-corrected chi connectivity index (χ3v) is 5.44. The van der Waals surface area contributed by atoms with E-state index in [9.17, 15) is 4.79 Å². The number of carbonyl (C=O) groups excluding carboxylic acids is 1. The van der Waals surface area contributed by atoms with E-state index in [1.54, 1.807) is 11.0 Å². The summed E-state index contributed by atoms with van der Waals surface area (Å²) in [5.41, 5.74) is 1.94. The normalized spacial score (nSPS) is 16.8. The summed E-state index contributed by atoms with van der Waals surface area (Å²) in [5.74, 6) is 1.30. The van der Waals surface area contributed by atoms with Gasteiger partial charge in [0.1, 0.15) is 12.7 Å². The Kier molecular flexibility index (Phi) is 5.34. The molecule has 0 bridgehead atoms. The SMILES string of the molecule is Cc1ccc(NC(=O)[C@@H]2CCCN(c3ccc(-n4cncn4)nn3)C2)c(Br)c1. The first-order valence-electron chi connectivity index (χ1n) is 9.11. The molecule has 1 N–H and O–H groups in total. The van der Waals surface area contributed by atoms with E-state index in [-0.39, 0.29) is 11.8 Å². The maximum absolute atomic E-state index is 12.8. The minimum Gasteiger partial charge on any atom is -0.354 e. The van der Waals surface area contributed by atoms with Gasteiger partial charge in [-0.15, -0.1) is 10.2 Å². The predicted octanol–water partition coefficient (Wildman–Crippen LogP) is 2.98. The Labute approximate surface area is 171 Å². The average Bonchev–Trinajstić information content (AvgIpc) is 3.25. The van der Waals surface area contributed by atoms with E-state index >= 15 is 0 Å². The maximum Gasteiger partial charge on any atom is 0.229 e. The second-order valence-corrected chi connectivity index (χ2v) is 7.70. The van der Waals surface area contributed by atoms with Crippen molar-refractivity contribution in [3.8, 4) is 5.82 Å². The zero-order valence-electron chi connectivity index (χ0n) is 15.4. The molecule has 144 valence electrons. The van der Waals surface area contributed by atoms with E-state index in [0.717, 1.165) is 40.9 Å². The Morgan fingerprint density at radius 1 is 1.21 bits per heavy atom.